The van der Waals surface area contributed by atoms with Gasteiger partial charge in [-0.15, -0.1) is 0 Å². The zero-order valence-corrected chi connectivity index (χ0v) is 35.1. The average molecular weight is 815 g/mol. The number of benzene rings is 11. The van der Waals surface area contributed by atoms with Gasteiger partial charge in [-0.2, -0.15) is 0 Å². The molecule has 11 aromatic carbocycles. The maximum atomic E-state index is 2.47. The van der Waals surface area contributed by atoms with Crippen LogP contribution in [0.2, 0.25) is 0 Å². The standard InChI is InChI=1S/C62H42N2/c1-3-19-44(20-4-1)50-31-16-23-46-24-17-34-55(61(46)50)54-29-10-13-36-58(54)63(57-35-12-9-28-53(57)52-33-15-22-43-21-7-8-27-49(43)52)48-41-39-45(40-42-48)51-32-18-38-60-62(51)56-30-11-14-37-59(56)64(60)47-25-5-2-6-26-47/h1-42H. The largest absolute Gasteiger partial charge is 0.309 e. The molecule has 0 spiro atoms. The minimum atomic E-state index is 1.08. The fraction of sp³-hybridized carbons (Fsp3) is 0. The molecule has 0 aliphatic carbocycles. The summed E-state index contributed by atoms with van der Waals surface area (Å²) in [5.41, 5.74) is 16.4. The van der Waals surface area contributed by atoms with Crippen molar-refractivity contribution in [3.63, 3.8) is 0 Å². The lowest BCUT2D eigenvalue weighted by Crippen LogP contribution is -2.12. The van der Waals surface area contributed by atoms with Gasteiger partial charge in [0.05, 0.1) is 22.4 Å². The predicted octanol–water partition coefficient (Wildman–Crippen LogP) is 17.2. The van der Waals surface area contributed by atoms with Crippen molar-refractivity contribution in [2.24, 2.45) is 0 Å². The van der Waals surface area contributed by atoms with Gasteiger partial charge in [-0.25, -0.2) is 0 Å². The molecule has 0 unspecified atom stereocenters. The molecule has 2 heteroatoms. The van der Waals surface area contributed by atoms with Crippen LogP contribution in [-0.2, 0) is 0 Å². The molecule has 0 fully saturated rings. The van der Waals surface area contributed by atoms with E-state index in [0.29, 0.717) is 0 Å². The third kappa shape index (κ3) is 6.27. The Bertz CT molecular complexity index is 3650. The monoisotopic (exact) mass is 814 g/mol. The fourth-order valence-corrected chi connectivity index (χ4v) is 9.99. The molecule has 1 aromatic heterocycles. The Balaban J connectivity index is 1.08. The summed E-state index contributed by atoms with van der Waals surface area (Å²) in [6.45, 7) is 0. The van der Waals surface area contributed by atoms with Gasteiger partial charge in [0.15, 0.2) is 0 Å². The molecule has 0 saturated heterocycles. The second-order valence-corrected chi connectivity index (χ2v) is 16.4. The van der Waals surface area contributed by atoms with Gasteiger partial charge in [-0.3, -0.25) is 0 Å². The number of hydrogen-bond donors (Lipinski definition) is 0. The molecule has 0 atom stereocenters. The van der Waals surface area contributed by atoms with Crippen LogP contribution in [0.1, 0.15) is 0 Å². The van der Waals surface area contributed by atoms with Gasteiger partial charge in [0.25, 0.3) is 0 Å². The molecule has 300 valence electrons. The van der Waals surface area contributed by atoms with E-state index in [1.54, 1.807) is 0 Å². The molecule has 0 amide bonds. The van der Waals surface area contributed by atoms with Gasteiger partial charge in [-0.05, 0) is 103 Å². The van der Waals surface area contributed by atoms with Crippen LogP contribution in [0, 0.1) is 0 Å². The van der Waals surface area contributed by atoms with Gasteiger partial charge in [0.1, 0.15) is 0 Å². The first-order valence-corrected chi connectivity index (χ1v) is 22.0. The third-order valence-electron chi connectivity index (χ3n) is 12.8. The summed E-state index contributed by atoms with van der Waals surface area (Å²) in [6, 6.07) is 92.7. The summed E-state index contributed by atoms with van der Waals surface area (Å²) in [4.78, 5) is 2.47. The smallest absolute Gasteiger partial charge is 0.0547 e. The Labute approximate surface area is 373 Å². The number of nitrogens with zero attached hydrogens (tertiary/aromatic N) is 2. The summed E-state index contributed by atoms with van der Waals surface area (Å²) >= 11 is 0. The van der Waals surface area contributed by atoms with E-state index in [4.69, 9.17) is 0 Å². The van der Waals surface area contributed by atoms with Crippen molar-refractivity contribution in [2.75, 3.05) is 4.90 Å². The SMILES string of the molecule is c1ccc(-c2cccc3cccc(-c4ccccc4N(c4ccc(-c5cccc6c5c5ccccc5n6-c5ccccc5)cc4)c4ccccc4-c4cccc5ccccc45)c23)cc1. The first kappa shape index (κ1) is 37.3. The van der Waals surface area contributed by atoms with E-state index < -0.39 is 0 Å². The van der Waals surface area contributed by atoms with Gasteiger partial charge < -0.3 is 9.47 Å². The van der Waals surface area contributed by atoms with Crippen LogP contribution in [0.5, 0.6) is 0 Å². The van der Waals surface area contributed by atoms with Crippen LogP contribution in [0.3, 0.4) is 0 Å². The quantitative estimate of drug-likeness (QED) is 0.148. The summed E-state index contributed by atoms with van der Waals surface area (Å²) in [6.07, 6.45) is 0. The van der Waals surface area contributed by atoms with E-state index in [1.165, 1.54) is 82.3 Å². The van der Waals surface area contributed by atoms with Crippen molar-refractivity contribution in [1.82, 2.24) is 4.57 Å². The lowest BCUT2D eigenvalue weighted by Gasteiger charge is -2.30. The van der Waals surface area contributed by atoms with Crippen molar-refractivity contribution in [3.05, 3.63) is 255 Å². The molecule has 0 aliphatic rings. The molecule has 64 heavy (non-hydrogen) atoms. The van der Waals surface area contributed by atoms with Gasteiger partial charge in [0, 0.05) is 33.3 Å². The minimum Gasteiger partial charge on any atom is -0.309 e. The molecule has 2 nitrogen and oxygen atoms in total. The van der Waals surface area contributed by atoms with Crippen molar-refractivity contribution >= 4 is 60.4 Å². The summed E-state index contributed by atoms with van der Waals surface area (Å²) in [7, 11) is 0. The zero-order chi connectivity index (χ0) is 42.4. The van der Waals surface area contributed by atoms with Gasteiger partial charge in [-0.1, -0.05) is 206 Å². The first-order valence-electron chi connectivity index (χ1n) is 22.0. The second-order valence-electron chi connectivity index (χ2n) is 16.4. The van der Waals surface area contributed by atoms with E-state index in [0.717, 1.165) is 28.3 Å². The predicted molar refractivity (Wildman–Crippen MR) is 272 cm³/mol. The first-order chi connectivity index (χ1) is 31.8. The normalized spacial score (nSPS) is 11.4. The Morgan fingerprint density at radius 2 is 0.734 bits per heavy atom. The molecule has 0 N–H and O–H groups in total. The highest BCUT2D eigenvalue weighted by Crippen LogP contribution is 2.48. The Hall–Kier alpha value is -8.46. The van der Waals surface area contributed by atoms with Crippen molar-refractivity contribution in [1.29, 1.82) is 0 Å². The molecular weight excluding hydrogens is 773 g/mol. The van der Waals surface area contributed by atoms with Crippen LogP contribution in [0.25, 0.3) is 93.5 Å². The maximum absolute atomic E-state index is 2.47. The Morgan fingerprint density at radius 1 is 0.266 bits per heavy atom. The number of rotatable bonds is 8. The molecule has 0 bridgehead atoms. The molecular formula is C62H42N2. The van der Waals surface area contributed by atoms with Gasteiger partial charge in [0.2, 0.25) is 0 Å². The van der Waals surface area contributed by atoms with Crippen LogP contribution in [-0.4, -0.2) is 4.57 Å². The third-order valence-corrected chi connectivity index (χ3v) is 12.8. The van der Waals surface area contributed by atoms with Gasteiger partial charge >= 0.3 is 0 Å². The lowest BCUT2D eigenvalue weighted by atomic mass is 9.90. The number of fused-ring (bicyclic) bond motifs is 5. The minimum absolute atomic E-state index is 1.08. The number of para-hydroxylation sites is 4. The van der Waals surface area contributed by atoms with E-state index in [2.05, 4.69) is 264 Å². The highest BCUT2D eigenvalue weighted by atomic mass is 15.1. The molecule has 12 rings (SSSR count). The summed E-state index contributed by atoms with van der Waals surface area (Å²) in [5, 5.41) is 7.39. The fourth-order valence-electron chi connectivity index (χ4n) is 9.99. The van der Waals surface area contributed by atoms with E-state index in [1.807, 2.05) is 0 Å². The topological polar surface area (TPSA) is 8.17 Å². The molecule has 12 aromatic rings. The number of hydrogen-bond acceptors (Lipinski definition) is 1. The number of anilines is 3. The molecule has 0 aliphatic heterocycles. The van der Waals surface area contributed by atoms with E-state index >= 15 is 0 Å². The van der Waals surface area contributed by atoms with Crippen LogP contribution < -0.4 is 4.90 Å². The van der Waals surface area contributed by atoms with E-state index in [-0.39, 0.29) is 0 Å². The zero-order valence-electron chi connectivity index (χ0n) is 35.1. The molecule has 1 heterocycles. The number of aromatic nitrogens is 1. The maximum Gasteiger partial charge on any atom is 0.0547 e. The van der Waals surface area contributed by atoms with Crippen LogP contribution in [0.15, 0.2) is 255 Å². The van der Waals surface area contributed by atoms with Crippen molar-refractivity contribution < 1.29 is 0 Å². The van der Waals surface area contributed by atoms with E-state index in [9.17, 15) is 0 Å². The van der Waals surface area contributed by atoms with Crippen LogP contribution in [0.4, 0.5) is 17.1 Å². The molecule has 0 saturated carbocycles. The Morgan fingerprint density at radius 3 is 1.47 bits per heavy atom. The summed E-state index contributed by atoms with van der Waals surface area (Å²) in [5.74, 6) is 0. The highest BCUT2D eigenvalue weighted by molar-refractivity contribution is 6.16. The average Bonchev–Trinajstić information content (AvgIpc) is 3.72. The highest BCUT2D eigenvalue weighted by Gasteiger charge is 2.23. The lowest BCUT2D eigenvalue weighted by molar-refractivity contribution is 1.18. The molecule has 0 radical (unpaired) electrons. The van der Waals surface area contributed by atoms with Crippen LogP contribution >= 0.6 is 0 Å². The van der Waals surface area contributed by atoms with Crippen molar-refractivity contribution in [3.8, 4) is 50.2 Å². The Kier molecular flexibility index (Phi) is 9.20. The summed E-state index contributed by atoms with van der Waals surface area (Å²) < 4.78 is 2.39. The van der Waals surface area contributed by atoms with Crippen molar-refractivity contribution in [2.45, 2.75) is 0 Å². The second kappa shape index (κ2) is 15.8.